The number of rotatable bonds is 6. The van der Waals surface area contributed by atoms with E-state index in [1.807, 2.05) is 29.2 Å². The number of piperazine rings is 1. The van der Waals surface area contributed by atoms with Crippen molar-refractivity contribution in [1.29, 1.82) is 0 Å². The van der Waals surface area contributed by atoms with Crippen LogP contribution >= 0.6 is 11.6 Å². The van der Waals surface area contributed by atoms with Gasteiger partial charge in [-0.3, -0.25) is 9.59 Å². The van der Waals surface area contributed by atoms with E-state index in [1.165, 1.54) is 5.56 Å². The van der Waals surface area contributed by atoms with Gasteiger partial charge in [0, 0.05) is 51.1 Å². The van der Waals surface area contributed by atoms with Crippen molar-refractivity contribution in [3.63, 3.8) is 0 Å². The van der Waals surface area contributed by atoms with Crippen LogP contribution in [0.5, 0.6) is 0 Å². The van der Waals surface area contributed by atoms with Gasteiger partial charge in [0.1, 0.15) is 0 Å². The number of hydrogen-bond acceptors (Lipinski definition) is 3. The van der Waals surface area contributed by atoms with E-state index in [-0.39, 0.29) is 11.8 Å². The van der Waals surface area contributed by atoms with Gasteiger partial charge in [0.25, 0.3) is 0 Å². The van der Waals surface area contributed by atoms with Crippen molar-refractivity contribution < 1.29 is 9.59 Å². The molecular formula is C17H24ClN3O2. The molecule has 1 saturated heterocycles. The Morgan fingerprint density at radius 2 is 1.83 bits per heavy atom. The molecule has 0 bridgehead atoms. The lowest BCUT2D eigenvalue weighted by molar-refractivity contribution is -0.138. The van der Waals surface area contributed by atoms with Gasteiger partial charge in [-0.1, -0.05) is 23.7 Å². The Kier molecular flexibility index (Phi) is 6.86. The van der Waals surface area contributed by atoms with Crippen molar-refractivity contribution in [3.8, 4) is 0 Å². The van der Waals surface area contributed by atoms with Gasteiger partial charge < -0.3 is 15.1 Å². The van der Waals surface area contributed by atoms with Gasteiger partial charge in [-0.25, -0.2) is 0 Å². The van der Waals surface area contributed by atoms with Crippen LogP contribution in [0, 0.1) is 0 Å². The first-order chi connectivity index (χ1) is 11.1. The molecule has 0 unspecified atom stereocenters. The summed E-state index contributed by atoms with van der Waals surface area (Å²) < 4.78 is 0. The summed E-state index contributed by atoms with van der Waals surface area (Å²) in [6, 6.07) is 7.82. The first-order valence-corrected chi connectivity index (χ1v) is 8.42. The monoisotopic (exact) mass is 337 g/mol. The van der Waals surface area contributed by atoms with Gasteiger partial charge in [0.15, 0.2) is 0 Å². The highest BCUT2D eigenvalue weighted by Gasteiger charge is 2.21. The van der Waals surface area contributed by atoms with E-state index in [0.29, 0.717) is 39.1 Å². The van der Waals surface area contributed by atoms with Crippen molar-refractivity contribution >= 4 is 23.4 Å². The molecule has 0 saturated carbocycles. The van der Waals surface area contributed by atoms with Gasteiger partial charge in [-0.15, -0.1) is 0 Å². The smallest absolute Gasteiger partial charge is 0.223 e. The molecule has 126 valence electrons. The molecule has 1 fully saturated rings. The summed E-state index contributed by atoms with van der Waals surface area (Å²) in [5, 5.41) is 4.05. The Morgan fingerprint density at radius 1 is 1.13 bits per heavy atom. The second-order valence-corrected chi connectivity index (χ2v) is 6.20. The van der Waals surface area contributed by atoms with Crippen LogP contribution in [-0.2, 0) is 16.0 Å². The lowest BCUT2D eigenvalue weighted by atomic mass is 10.1. The third kappa shape index (κ3) is 5.84. The zero-order valence-corrected chi connectivity index (χ0v) is 14.3. The Hall–Kier alpha value is -1.59. The maximum Gasteiger partial charge on any atom is 0.223 e. The zero-order chi connectivity index (χ0) is 16.7. The molecule has 1 aromatic rings. The number of nitrogens with one attached hydrogen (secondary N) is 1. The molecule has 2 rings (SSSR count). The van der Waals surface area contributed by atoms with Crippen LogP contribution in [0.3, 0.4) is 0 Å². The molecule has 0 aliphatic carbocycles. The summed E-state index contributed by atoms with van der Waals surface area (Å²) in [6.45, 7) is 5.63. The Balaban J connectivity index is 1.59. The largest absolute Gasteiger partial charge is 0.339 e. The van der Waals surface area contributed by atoms with Gasteiger partial charge in [-0.05, 0) is 30.7 Å². The highest BCUT2D eigenvalue weighted by molar-refractivity contribution is 6.30. The number of carbonyl (C=O) groups excluding carboxylic acids is 2. The molecule has 1 aromatic carbocycles. The van der Waals surface area contributed by atoms with Crippen LogP contribution in [0.4, 0.5) is 0 Å². The summed E-state index contributed by atoms with van der Waals surface area (Å²) in [5.74, 6) is 0.239. The normalized spacial score (nSPS) is 14.9. The van der Waals surface area contributed by atoms with Crippen molar-refractivity contribution in [2.75, 3.05) is 39.3 Å². The lowest BCUT2D eigenvalue weighted by Crippen LogP contribution is -2.50. The fraction of sp³-hybridized carbons (Fsp3) is 0.529. The van der Waals surface area contributed by atoms with E-state index in [1.54, 1.807) is 11.8 Å². The first-order valence-electron chi connectivity index (χ1n) is 8.04. The third-order valence-electron chi connectivity index (χ3n) is 4.07. The molecule has 1 N–H and O–H groups in total. The predicted octanol–water partition coefficient (Wildman–Crippen LogP) is 1.55. The minimum Gasteiger partial charge on any atom is -0.339 e. The number of hydrogen-bond donors (Lipinski definition) is 1. The second-order valence-electron chi connectivity index (χ2n) is 5.77. The fourth-order valence-electron chi connectivity index (χ4n) is 2.67. The summed E-state index contributed by atoms with van der Waals surface area (Å²) >= 11 is 5.95. The number of carbonyl (C=O) groups is 2. The molecule has 0 radical (unpaired) electrons. The first kappa shape index (κ1) is 17.8. The molecule has 23 heavy (non-hydrogen) atoms. The Morgan fingerprint density at radius 3 is 2.48 bits per heavy atom. The highest BCUT2D eigenvalue weighted by atomic mass is 35.5. The maximum absolute atomic E-state index is 12.1. The number of amides is 2. The van der Waals surface area contributed by atoms with Crippen molar-refractivity contribution in [3.05, 3.63) is 34.9 Å². The maximum atomic E-state index is 12.1. The summed E-state index contributed by atoms with van der Waals surface area (Å²) in [7, 11) is 0. The summed E-state index contributed by atoms with van der Waals surface area (Å²) in [4.78, 5) is 27.0. The average molecular weight is 338 g/mol. The molecular weight excluding hydrogens is 314 g/mol. The van der Waals surface area contributed by atoms with E-state index >= 15 is 0 Å². The van der Waals surface area contributed by atoms with Crippen LogP contribution < -0.4 is 5.32 Å². The van der Waals surface area contributed by atoms with Gasteiger partial charge in [-0.2, -0.15) is 0 Å². The molecule has 0 aromatic heterocycles. The lowest BCUT2D eigenvalue weighted by Gasteiger charge is -2.34. The average Bonchev–Trinajstić information content (AvgIpc) is 2.54. The SMILES string of the molecule is CC(=O)N1CCN(C(=O)CCNCCc2cccc(Cl)c2)CC1. The van der Waals surface area contributed by atoms with Crippen LogP contribution in [0.1, 0.15) is 18.9 Å². The Bertz CT molecular complexity index is 542. The van der Waals surface area contributed by atoms with E-state index in [2.05, 4.69) is 5.32 Å². The van der Waals surface area contributed by atoms with E-state index < -0.39 is 0 Å². The predicted molar refractivity (Wildman–Crippen MR) is 91.5 cm³/mol. The molecule has 1 aliphatic heterocycles. The molecule has 2 amide bonds. The van der Waals surface area contributed by atoms with Gasteiger partial charge in [0.05, 0.1) is 0 Å². The van der Waals surface area contributed by atoms with E-state index in [9.17, 15) is 9.59 Å². The second kappa shape index (κ2) is 8.89. The van der Waals surface area contributed by atoms with Crippen molar-refractivity contribution in [1.82, 2.24) is 15.1 Å². The zero-order valence-electron chi connectivity index (χ0n) is 13.6. The quantitative estimate of drug-likeness (QED) is 0.801. The topological polar surface area (TPSA) is 52.7 Å². The molecule has 0 atom stereocenters. The molecule has 0 spiro atoms. The molecule has 5 nitrogen and oxygen atoms in total. The van der Waals surface area contributed by atoms with Crippen molar-refractivity contribution in [2.45, 2.75) is 19.8 Å². The van der Waals surface area contributed by atoms with E-state index in [0.717, 1.165) is 18.0 Å². The number of nitrogens with zero attached hydrogens (tertiary/aromatic N) is 2. The van der Waals surface area contributed by atoms with Gasteiger partial charge >= 0.3 is 0 Å². The fourth-order valence-corrected chi connectivity index (χ4v) is 2.89. The van der Waals surface area contributed by atoms with Gasteiger partial charge in [0.2, 0.25) is 11.8 Å². The van der Waals surface area contributed by atoms with Crippen LogP contribution in [0.25, 0.3) is 0 Å². The molecule has 1 heterocycles. The molecule has 1 aliphatic rings. The van der Waals surface area contributed by atoms with Crippen LogP contribution in [0.2, 0.25) is 5.02 Å². The third-order valence-corrected chi connectivity index (χ3v) is 4.31. The standard InChI is InChI=1S/C17H24ClN3O2/c1-14(22)20-9-11-21(12-10-20)17(23)6-8-19-7-5-15-3-2-4-16(18)13-15/h2-4,13,19H,5-12H2,1H3. The summed E-state index contributed by atoms with van der Waals surface area (Å²) in [5.41, 5.74) is 1.19. The van der Waals surface area contributed by atoms with Crippen LogP contribution in [-0.4, -0.2) is 60.9 Å². The summed E-state index contributed by atoms with van der Waals surface area (Å²) in [6.07, 6.45) is 1.39. The number of halogens is 1. The van der Waals surface area contributed by atoms with Crippen LogP contribution in [0.15, 0.2) is 24.3 Å². The molecule has 6 heteroatoms. The Labute approximate surface area is 142 Å². The minimum absolute atomic E-state index is 0.0831. The highest BCUT2D eigenvalue weighted by Crippen LogP contribution is 2.10. The van der Waals surface area contributed by atoms with E-state index in [4.69, 9.17) is 11.6 Å². The van der Waals surface area contributed by atoms with Crippen molar-refractivity contribution in [2.24, 2.45) is 0 Å². The minimum atomic E-state index is 0.0831. The number of benzene rings is 1.